The van der Waals surface area contributed by atoms with Crippen LogP contribution >= 0.6 is 0 Å². The number of hydrogen-bond donors (Lipinski definition) is 1. The van der Waals surface area contributed by atoms with Gasteiger partial charge in [0.1, 0.15) is 17.4 Å². The third-order valence-corrected chi connectivity index (χ3v) is 6.98. The van der Waals surface area contributed by atoms with Gasteiger partial charge in [-0.1, -0.05) is 48.5 Å². The van der Waals surface area contributed by atoms with Gasteiger partial charge in [0.05, 0.1) is 25.2 Å². The molecule has 1 aliphatic heterocycles. The molecule has 37 heavy (non-hydrogen) atoms. The highest BCUT2D eigenvalue weighted by molar-refractivity contribution is 6.03. The molecule has 2 unspecified atom stereocenters. The largest absolute Gasteiger partial charge is 0.497 e. The summed E-state index contributed by atoms with van der Waals surface area (Å²) in [7, 11) is 1.63. The van der Waals surface area contributed by atoms with Crippen LogP contribution in [0.4, 0.5) is 14.5 Å². The fourth-order valence-electron chi connectivity index (χ4n) is 4.97. The molecule has 0 saturated carbocycles. The predicted octanol–water partition coefficient (Wildman–Crippen LogP) is 6.86. The van der Waals surface area contributed by atoms with Crippen LogP contribution in [0.15, 0.2) is 97.1 Å². The first kappa shape index (κ1) is 24.7. The Hall–Kier alpha value is -4.03. The van der Waals surface area contributed by atoms with Gasteiger partial charge in [-0.3, -0.25) is 4.79 Å². The van der Waals surface area contributed by atoms with Gasteiger partial charge in [-0.2, -0.15) is 0 Å². The number of amides is 1. The van der Waals surface area contributed by atoms with Crippen molar-refractivity contribution in [3.63, 3.8) is 0 Å². The minimum absolute atomic E-state index is 0.0696. The van der Waals surface area contributed by atoms with Crippen molar-refractivity contribution in [2.45, 2.75) is 25.0 Å². The van der Waals surface area contributed by atoms with Gasteiger partial charge >= 0.3 is 0 Å². The number of rotatable bonds is 8. The molecule has 6 heteroatoms. The van der Waals surface area contributed by atoms with Crippen LogP contribution in [-0.4, -0.2) is 18.1 Å². The zero-order chi connectivity index (χ0) is 25.9. The van der Waals surface area contributed by atoms with Crippen LogP contribution in [0.5, 0.6) is 5.75 Å². The maximum atomic E-state index is 13.6. The molecule has 5 rings (SSSR count). The number of ether oxygens (including phenoxy) is 1. The van der Waals surface area contributed by atoms with E-state index in [1.807, 2.05) is 48.5 Å². The van der Waals surface area contributed by atoms with Crippen LogP contribution in [0.25, 0.3) is 11.1 Å². The van der Waals surface area contributed by atoms with Gasteiger partial charge in [0, 0.05) is 5.69 Å². The summed E-state index contributed by atoms with van der Waals surface area (Å²) in [6.07, 6.45) is 0.0130. The fraction of sp³-hybridized carbons (Fsp3) is 0.194. The van der Waals surface area contributed by atoms with Crippen LogP contribution in [-0.2, 0) is 4.79 Å². The van der Waals surface area contributed by atoms with E-state index in [9.17, 15) is 18.7 Å². The second kappa shape index (κ2) is 10.5. The number of carbonyl (C=O) groups excluding carboxylic acids is 1. The van der Waals surface area contributed by atoms with Gasteiger partial charge in [0.25, 0.3) is 0 Å². The van der Waals surface area contributed by atoms with E-state index >= 15 is 0 Å². The average molecular weight is 500 g/mol. The van der Waals surface area contributed by atoms with E-state index < -0.39 is 6.10 Å². The Labute approximate surface area is 214 Å². The summed E-state index contributed by atoms with van der Waals surface area (Å²) in [6.45, 7) is 0. The molecule has 1 saturated heterocycles. The summed E-state index contributed by atoms with van der Waals surface area (Å²) < 4.78 is 32.2. The van der Waals surface area contributed by atoms with Gasteiger partial charge in [-0.05, 0) is 83.6 Å². The summed E-state index contributed by atoms with van der Waals surface area (Å²) in [5.41, 5.74) is 4.23. The van der Waals surface area contributed by atoms with Gasteiger partial charge in [0.2, 0.25) is 5.91 Å². The highest BCUT2D eigenvalue weighted by atomic mass is 19.1. The van der Waals surface area contributed by atoms with Crippen molar-refractivity contribution < 1.29 is 23.4 Å². The lowest BCUT2D eigenvalue weighted by molar-refractivity contribution is -0.131. The lowest BCUT2D eigenvalue weighted by atomic mass is 9.78. The molecule has 1 amide bonds. The minimum Gasteiger partial charge on any atom is -0.497 e. The average Bonchev–Trinajstić information content (AvgIpc) is 2.93. The molecular weight excluding hydrogens is 472 g/mol. The van der Waals surface area contributed by atoms with Gasteiger partial charge in [-0.15, -0.1) is 0 Å². The highest BCUT2D eigenvalue weighted by Crippen LogP contribution is 2.46. The van der Waals surface area contributed by atoms with Crippen LogP contribution < -0.4 is 9.64 Å². The van der Waals surface area contributed by atoms with Crippen LogP contribution in [0, 0.1) is 17.6 Å². The molecule has 0 aliphatic carbocycles. The Bertz CT molecular complexity index is 1370. The number of halogens is 2. The Kier molecular flexibility index (Phi) is 7.01. The molecule has 4 aromatic rings. The molecule has 1 heterocycles. The third kappa shape index (κ3) is 5.11. The van der Waals surface area contributed by atoms with Crippen molar-refractivity contribution in [1.29, 1.82) is 0 Å². The van der Waals surface area contributed by atoms with E-state index in [2.05, 4.69) is 0 Å². The smallest absolute Gasteiger partial charge is 0.233 e. The van der Waals surface area contributed by atoms with E-state index in [4.69, 9.17) is 4.74 Å². The molecule has 0 bridgehead atoms. The molecule has 188 valence electrons. The van der Waals surface area contributed by atoms with Crippen molar-refractivity contribution in [1.82, 2.24) is 0 Å². The zero-order valence-corrected chi connectivity index (χ0v) is 20.4. The van der Waals surface area contributed by atoms with Gasteiger partial charge < -0.3 is 14.7 Å². The van der Waals surface area contributed by atoms with E-state index in [0.717, 1.165) is 22.4 Å². The molecule has 1 N–H and O–H groups in total. The second-order valence-electron chi connectivity index (χ2n) is 9.23. The first-order valence-electron chi connectivity index (χ1n) is 12.2. The lowest BCUT2D eigenvalue weighted by Gasteiger charge is -2.48. The maximum Gasteiger partial charge on any atom is 0.233 e. The van der Waals surface area contributed by atoms with Crippen molar-refractivity contribution in [2.75, 3.05) is 12.0 Å². The Morgan fingerprint density at radius 3 is 2.16 bits per heavy atom. The number of β-lactam (4-membered cyclic amide) rings is 1. The number of nitrogens with zero attached hydrogens (tertiary/aromatic N) is 1. The number of anilines is 1. The van der Waals surface area contributed by atoms with Crippen molar-refractivity contribution in [3.05, 3.63) is 120 Å². The van der Waals surface area contributed by atoms with Crippen LogP contribution in [0.2, 0.25) is 0 Å². The normalized spacial score (nSPS) is 17.8. The van der Waals surface area contributed by atoms with Crippen LogP contribution in [0.3, 0.4) is 0 Å². The van der Waals surface area contributed by atoms with E-state index in [-0.39, 0.29) is 29.5 Å². The maximum absolute atomic E-state index is 13.6. The summed E-state index contributed by atoms with van der Waals surface area (Å²) in [6, 6.07) is 27.2. The summed E-state index contributed by atoms with van der Waals surface area (Å²) in [4.78, 5) is 15.0. The molecular formula is C31H27F2NO3. The molecule has 1 fully saturated rings. The fourth-order valence-corrected chi connectivity index (χ4v) is 4.97. The predicted molar refractivity (Wildman–Crippen MR) is 139 cm³/mol. The lowest BCUT2D eigenvalue weighted by Crippen LogP contribution is -2.55. The van der Waals surface area contributed by atoms with Gasteiger partial charge in [0.15, 0.2) is 0 Å². The Balaban J connectivity index is 1.40. The quantitative estimate of drug-likeness (QED) is 0.270. The molecule has 3 atom stereocenters. The molecule has 0 radical (unpaired) electrons. The second-order valence-corrected chi connectivity index (χ2v) is 9.23. The number of benzene rings is 4. The SMILES string of the molecule is COc1cccc(-c2ccc(C3C(CC[C@H](O)c4ccc(F)cc4)C(=O)N3c3ccc(F)cc3)cc2)c1. The number of methoxy groups -OCH3 is 1. The van der Waals surface area contributed by atoms with E-state index in [0.29, 0.717) is 24.1 Å². The Morgan fingerprint density at radius 1 is 0.865 bits per heavy atom. The number of aliphatic hydroxyl groups excluding tert-OH is 1. The number of hydrogen-bond acceptors (Lipinski definition) is 3. The van der Waals surface area contributed by atoms with Gasteiger partial charge in [-0.25, -0.2) is 8.78 Å². The number of carbonyl (C=O) groups is 1. The summed E-state index contributed by atoms with van der Waals surface area (Å²) in [5.74, 6) is -0.372. The standard InChI is InChI=1S/C31H27F2NO3/c1-37-27-4-2-3-23(19-27)20-5-7-22(8-6-20)30-28(17-18-29(35)21-9-11-24(32)12-10-21)31(36)34(30)26-15-13-25(33)14-16-26/h2-16,19,28-30,35H,17-18H2,1H3/t28?,29-,30?/m0/s1. The summed E-state index contributed by atoms with van der Waals surface area (Å²) in [5, 5.41) is 10.6. The summed E-state index contributed by atoms with van der Waals surface area (Å²) >= 11 is 0. The first-order chi connectivity index (χ1) is 17.9. The highest BCUT2D eigenvalue weighted by Gasteiger charge is 2.48. The molecule has 0 spiro atoms. The Morgan fingerprint density at radius 2 is 1.51 bits per heavy atom. The van der Waals surface area contributed by atoms with Crippen molar-refractivity contribution in [3.8, 4) is 16.9 Å². The molecule has 0 aromatic heterocycles. The number of aliphatic hydroxyl groups is 1. The molecule has 4 nitrogen and oxygen atoms in total. The van der Waals surface area contributed by atoms with Crippen molar-refractivity contribution >= 4 is 11.6 Å². The first-order valence-corrected chi connectivity index (χ1v) is 12.2. The topological polar surface area (TPSA) is 49.8 Å². The molecule has 1 aliphatic rings. The molecule has 4 aromatic carbocycles. The monoisotopic (exact) mass is 499 g/mol. The van der Waals surface area contributed by atoms with Crippen LogP contribution in [0.1, 0.15) is 36.1 Å². The van der Waals surface area contributed by atoms with E-state index in [1.54, 1.807) is 36.3 Å². The van der Waals surface area contributed by atoms with Crippen molar-refractivity contribution in [2.24, 2.45) is 5.92 Å². The minimum atomic E-state index is -0.802. The zero-order valence-electron chi connectivity index (χ0n) is 20.4. The van der Waals surface area contributed by atoms with E-state index in [1.165, 1.54) is 24.3 Å². The third-order valence-electron chi connectivity index (χ3n) is 6.98.